The Morgan fingerprint density at radius 1 is 0.468 bits per heavy atom. The van der Waals surface area contributed by atoms with Crippen LogP contribution in [0.25, 0.3) is 56.1 Å². The molecule has 2 heterocycles. The Hall–Kier alpha value is -6.07. The van der Waals surface area contributed by atoms with Crippen LogP contribution in [0.5, 0.6) is 0 Å². The van der Waals surface area contributed by atoms with Gasteiger partial charge in [-0.3, -0.25) is 0 Å². The van der Waals surface area contributed by atoms with Gasteiger partial charge in [-0.05, 0) is 92.6 Å². The second-order valence-electron chi connectivity index (χ2n) is 11.9. The van der Waals surface area contributed by atoms with Crippen molar-refractivity contribution in [1.82, 2.24) is 15.0 Å². The number of rotatable bonds is 6. The van der Waals surface area contributed by atoms with E-state index in [4.69, 9.17) is 19.4 Å². The van der Waals surface area contributed by atoms with Gasteiger partial charge in [0, 0.05) is 28.1 Å². The van der Waals surface area contributed by atoms with Crippen LogP contribution in [0.3, 0.4) is 0 Å². The molecule has 0 atom stereocenters. The first-order valence-corrected chi connectivity index (χ1v) is 15.8. The highest BCUT2D eigenvalue weighted by molar-refractivity contribution is 5.88. The van der Waals surface area contributed by atoms with Crippen LogP contribution in [0.4, 0.5) is 17.1 Å². The maximum atomic E-state index is 6.06. The Morgan fingerprint density at radius 2 is 0.957 bits per heavy atom. The molecule has 0 amide bonds. The van der Waals surface area contributed by atoms with E-state index < -0.39 is 0 Å². The van der Waals surface area contributed by atoms with E-state index in [1.165, 1.54) is 16.7 Å². The average molecular weight is 609 g/mol. The van der Waals surface area contributed by atoms with Gasteiger partial charge >= 0.3 is 0 Å². The molecular formula is C42H32N4O. The quantitative estimate of drug-likeness (QED) is 0.188. The molecule has 226 valence electrons. The molecule has 0 unspecified atom stereocenters. The van der Waals surface area contributed by atoms with Crippen molar-refractivity contribution < 1.29 is 4.42 Å². The minimum absolute atomic E-state index is 0.613. The van der Waals surface area contributed by atoms with E-state index in [0.29, 0.717) is 5.89 Å². The number of aromatic nitrogens is 3. The van der Waals surface area contributed by atoms with Crippen molar-refractivity contribution in [3.05, 3.63) is 156 Å². The molecule has 0 aliphatic heterocycles. The summed E-state index contributed by atoms with van der Waals surface area (Å²) in [5, 5.41) is 0. The number of aryl methyl sites for hydroxylation is 3. The summed E-state index contributed by atoms with van der Waals surface area (Å²) in [5.74, 6) is 0.613. The lowest BCUT2D eigenvalue weighted by Gasteiger charge is -2.29. The lowest BCUT2D eigenvalue weighted by molar-refractivity contribution is 0.620. The Bertz CT molecular complexity index is 2320. The molecule has 0 radical (unpaired) electrons. The SMILES string of the molecule is Cc1cc(C)c(N(c2ccc(-c3nc4ccccc4o3)cc2)c2ccc(-c3nc4ccccc4nc3-c3ccccc3)cc2)c(C)c1. The maximum Gasteiger partial charge on any atom is 0.227 e. The molecule has 0 saturated carbocycles. The van der Waals surface area contributed by atoms with E-state index in [0.717, 1.165) is 67.3 Å². The largest absolute Gasteiger partial charge is 0.436 e. The predicted octanol–water partition coefficient (Wildman–Crippen LogP) is 11.2. The highest BCUT2D eigenvalue weighted by Gasteiger charge is 2.20. The van der Waals surface area contributed by atoms with Crippen LogP contribution in [0.1, 0.15) is 16.7 Å². The Labute approximate surface area is 273 Å². The summed E-state index contributed by atoms with van der Waals surface area (Å²) in [7, 11) is 0. The Balaban J connectivity index is 1.23. The van der Waals surface area contributed by atoms with Gasteiger partial charge in [0.25, 0.3) is 0 Å². The summed E-state index contributed by atoms with van der Waals surface area (Å²) in [4.78, 5) is 17.2. The van der Waals surface area contributed by atoms with E-state index in [2.05, 4.69) is 98.5 Å². The number of fused-ring (bicyclic) bond motifs is 2. The normalized spacial score (nSPS) is 11.3. The van der Waals surface area contributed by atoms with Gasteiger partial charge in [-0.15, -0.1) is 0 Å². The van der Waals surface area contributed by atoms with Crippen LogP contribution in [0, 0.1) is 20.8 Å². The zero-order chi connectivity index (χ0) is 31.9. The zero-order valence-electron chi connectivity index (χ0n) is 26.5. The van der Waals surface area contributed by atoms with E-state index in [1.54, 1.807) is 0 Å². The zero-order valence-corrected chi connectivity index (χ0v) is 26.5. The molecule has 47 heavy (non-hydrogen) atoms. The van der Waals surface area contributed by atoms with E-state index in [1.807, 2.05) is 66.7 Å². The standard InChI is InChI=1S/C42H32N4O/c1-27-25-28(2)41(29(3)26-27)46(34-23-19-32(20-24-34)42-45-37-15-9-10-16-38(37)47-42)33-21-17-31(18-22-33)40-39(30-11-5-4-6-12-30)43-35-13-7-8-14-36(35)44-40/h4-26H,1-3H3. The molecule has 8 rings (SSSR count). The van der Waals surface area contributed by atoms with Crippen molar-refractivity contribution in [2.45, 2.75) is 20.8 Å². The number of nitrogens with zero attached hydrogens (tertiary/aromatic N) is 4. The van der Waals surface area contributed by atoms with E-state index in [9.17, 15) is 0 Å². The molecule has 0 saturated heterocycles. The Kier molecular flexibility index (Phi) is 7.07. The fourth-order valence-corrected chi connectivity index (χ4v) is 6.45. The van der Waals surface area contributed by atoms with Crippen LogP contribution >= 0.6 is 0 Å². The number of anilines is 3. The smallest absolute Gasteiger partial charge is 0.227 e. The lowest BCUT2D eigenvalue weighted by Crippen LogP contribution is -2.13. The summed E-state index contributed by atoms with van der Waals surface area (Å²) in [6, 6.07) is 47.8. The molecule has 0 spiro atoms. The van der Waals surface area contributed by atoms with Gasteiger partial charge in [-0.2, -0.15) is 0 Å². The van der Waals surface area contributed by atoms with Crippen LogP contribution in [-0.4, -0.2) is 15.0 Å². The van der Waals surface area contributed by atoms with Crippen molar-refractivity contribution in [3.63, 3.8) is 0 Å². The second-order valence-corrected chi connectivity index (χ2v) is 11.9. The molecule has 8 aromatic rings. The number of oxazole rings is 1. The first-order valence-electron chi connectivity index (χ1n) is 15.8. The van der Waals surface area contributed by atoms with Crippen molar-refractivity contribution >= 4 is 39.2 Å². The average Bonchev–Trinajstić information content (AvgIpc) is 3.54. The number of hydrogen-bond acceptors (Lipinski definition) is 5. The number of hydrogen-bond donors (Lipinski definition) is 0. The van der Waals surface area contributed by atoms with Crippen LogP contribution in [-0.2, 0) is 0 Å². The monoisotopic (exact) mass is 608 g/mol. The van der Waals surface area contributed by atoms with Crippen molar-refractivity contribution in [2.24, 2.45) is 0 Å². The molecule has 0 fully saturated rings. The molecule has 0 N–H and O–H groups in total. The van der Waals surface area contributed by atoms with Crippen LogP contribution in [0.15, 0.2) is 144 Å². The molecule has 0 bridgehead atoms. The fraction of sp³-hybridized carbons (Fsp3) is 0.0714. The minimum atomic E-state index is 0.613. The topological polar surface area (TPSA) is 55.1 Å². The Morgan fingerprint density at radius 3 is 1.53 bits per heavy atom. The van der Waals surface area contributed by atoms with Gasteiger partial charge in [0.05, 0.1) is 28.1 Å². The second kappa shape index (κ2) is 11.7. The van der Waals surface area contributed by atoms with Gasteiger partial charge in [-0.1, -0.05) is 84.4 Å². The molecule has 0 aliphatic rings. The number of benzene rings is 6. The van der Waals surface area contributed by atoms with Crippen molar-refractivity contribution in [2.75, 3.05) is 4.90 Å². The van der Waals surface area contributed by atoms with Gasteiger partial charge in [0.1, 0.15) is 5.52 Å². The van der Waals surface area contributed by atoms with Gasteiger partial charge in [0.15, 0.2) is 5.58 Å². The first-order chi connectivity index (χ1) is 23.0. The molecule has 5 nitrogen and oxygen atoms in total. The summed E-state index contributed by atoms with van der Waals surface area (Å²) in [6.07, 6.45) is 0. The van der Waals surface area contributed by atoms with Crippen molar-refractivity contribution in [1.29, 1.82) is 0 Å². The lowest BCUT2D eigenvalue weighted by atomic mass is 10.0. The van der Waals surface area contributed by atoms with Gasteiger partial charge in [0.2, 0.25) is 5.89 Å². The van der Waals surface area contributed by atoms with Gasteiger partial charge in [-0.25, -0.2) is 15.0 Å². The van der Waals surface area contributed by atoms with E-state index >= 15 is 0 Å². The highest BCUT2D eigenvalue weighted by Crippen LogP contribution is 2.41. The van der Waals surface area contributed by atoms with Crippen LogP contribution in [0.2, 0.25) is 0 Å². The molecule has 5 heteroatoms. The predicted molar refractivity (Wildman–Crippen MR) is 192 cm³/mol. The van der Waals surface area contributed by atoms with Crippen LogP contribution < -0.4 is 4.90 Å². The van der Waals surface area contributed by atoms with Crippen molar-refractivity contribution in [3.8, 4) is 34.0 Å². The maximum absolute atomic E-state index is 6.06. The highest BCUT2D eigenvalue weighted by atomic mass is 16.3. The summed E-state index contributed by atoms with van der Waals surface area (Å²) < 4.78 is 6.06. The summed E-state index contributed by atoms with van der Waals surface area (Å²) in [5.41, 5.74) is 15.0. The third-order valence-corrected chi connectivity index (χ3v) is 8.54. The summed E-state index contributed by atoms with van der Waals surface area (Å²) >= 11 is 0. The molecular weight excluding hydrogens is 576 g/mol. The fourth-order valence-electron chi connectivity index (χ4n) is 6.45. The molecule has 6 aromatic carbocycles. The summed E-state index contributed by atoms with van der Waals surface area (Å²) in [6.45, 7) is 6.51. The third-order valence-electron chi connectivity index (χ3n) is 8.54. The minimum Gasteiger partial charge on any atom is -0.436 e. The van der Waals surface area contributed by atoms with E-state index in [-0.39, 0.29) is 0 Å². The van der Waals surface area contributed by atoms with Gasteiger partial charge < -0.3 is 9.32 Å². The first kappa shape index (κ1) is 28.4. The molecule has 0 aliphatic carbocycles. The third kappa shape index (κ3) is 5.32. The number of para-hydroxylation sites is 4. The molecule has 2 aromatic heterocycles.